The van der Waals surface area contributed by atoms with Crippen LogP contribution in [0.4, 0.5) is 5.69 Å². The van der Waals surface area contributed by atoms with Gasteiger partial charge in [-0.25, -0.2) is 9.98 Å². The van der Waals surface area contributed by atoms with Crippen LogP contribution >= 0.6 is 0 Å². The van der Waals surface area contributed by atoms with E-state index in [-0.39, 0.29) is 6.17 Å². The van der Waals surface area contributed by atoms with E-state index < -0.39 is 5.41 Å². The molecule has 1 aliphatic carbocycles. The monoisotopic (exact) mass is 710 g/mol. The molecule has 1 spiro atoms. The molecule has 1 unspecified atom stereocenters. The van der Waals surface area contributed by atoms with Crippen molar-refractivity contribution in [3.63, 3.8) is 0 Å². The van der Waals surface area contributed by atoms with Gasteiger partial charge in [-0.15, -0.1) is 0 Å². The second-order valence-corrected chi connectivity index (χ2v) is 14.3. The molecule has 0 saturated carbocycles. The van der Waals surface area contributed by atoms with Gasteiger partial charge in [-0.3, -0.25) is 0 Å². The van der Waals surface area contributed by atoms with Crippen molar-refractivity contribution in [3.05, 3.63) is 214 Å². The van der Waals surface area contributed by atoms with Crippen LogP contribution in [-0.4, -0.2) is 23.6 Å². The first kappa shape index (κ1) is 32.7. The highest BCUT2D eigenvalue weighted by atomic mass is 16.5. The van der Waals surface area contributed by atoms with Crippen LogP contribution in [0.3, 0.4) is 0 Å². The number of benzene rings is 7. The van der Waals surface area contributed by atoms with Crippen molar-refractivity contribution < 1.29 is 4.74 Å². The van der Waals surface area contributed by atoms with Crippen molar-refractivity contribution >= 4 is 23.4 Å². The average molecular weight is 711 g/mol. The summed E-state index contributed by atoms with van der Waals surface area (Å²) in [6.45, 7) is 2.02. The number of ether oxygens (including phenoxy) is 1. The highest BCUT2D eigenvalue weighted by Crippen LogP contribution is 2.62. The number of hydrogen-bond donors (Lipinski definition) is 1. The van der Waals surface area contributed by atoms with Gasteiger partial charge in [-0.1, -0.05) is 152 Å². The molecule has 0 fully saturated rings. The number of anilines is 1. The Balaban J connectivity index is 1.24. The summed E-state index contributed by atoms with van der Waals surface area (Å²) >= 11 is 0. The third-order valence-electron chi connectivity index (χ3n) is 11.3. The molecule has 2 N–H and O–H groups in total. The van der Waals surface area contributed by atoms with E-state index in [9.17, 15) is 0 Å². The van der Waals surface area contributed by atoms with Crippen molar-refractivity contribution in [3.8, 4) is 33.8 Å². The van der Waals surface area contributed by atoms with Gasteiger partial charge in [0.05, 0.1) is 5.41 Å². The topological polar surface area (TPSA) is 63.2 Å². The van der Waals surface area contributed by atoms with Crippen molar-refractivity contribution in [1.29, 1.82) is 0 Å². The Labute approximate surface area is 321 Å². The van der Waals surface area contributed by atoms with Crippen LogP contribution in [0, 0.1) is 0 Å². The van der Waals surface area contributed by atoms with E-state index in [1.54, 1.807) is 0 Å². The van der Waals surface area contributed by atoms with Gasteiger partial charge in [0.15, 0.2) is 5.84 Å². The van der Waals surface area contributed by atoms with Crippen LogP contribution in [0.1, 0.15) is 57.6 Å². The number of amidine groups is 2. The number of fused-ring (bicyclic) bond motifs is 9. The summed E-state index contributed by atoms with van der Waals surface area (Å²) in [7, 11) is 2.08. The lowest BCUT2D eigenvalue weighted by Crippen LogP contribution is -2.36. The average Bonchev–Trinajstić information content (AvgIpc) is 3.51. The van der Waals surface area contributed by atoms with Gasteiger partial charge in [-0.05, 0) is 70.1 Å². The number of aliphatic imine (C=N–C) groups is 2. The number of rotatable bonds is 5. The van der Waals surface area contributed by atoms with Crippen LogP contribution in [0.5, 0.6) is 11.5 Å². The van der Waals surface area contributed by atoms with Gasteiger partial charge in [0, 0.05) is 40.6 Å². The lowest BCUT2D eigenvalue weighted by atomic mass is 9.65. The van der Waals surface area contributed by atoms with E-state index in [4.69, 9.17) is 20.5 Å². The zero-order valence-electron chi connectivity index (χ0n) is 30.6. The second-order valence-electron chi connectivity index (χ2n) is 14.3. The zero-order valence-corrected chi connectivity index (χ0v) is 30.6. The number of allylic oxidation sites excluding steroid dienone is 1. The highest BCUT2D eigenvalue weighted by molar-refractivity contribution is 6.13. The van der Waals surface area contributed by atoms with Gasteiger partial charge in [0.2, 0.25) is 0 Å². The minimum Gasteiger partial charge on any atom is -0.457 e. The molecule has 55 heavy (non-hydrogen) atoms. The summed E-state index contributed by atoms with van der Waals surface area (Å²) in [5, 5.41) is 0. The van der Waals surface area contributed by atoms with E-state index >= 15 is 0 Å². The SMILES string of the molecule is C/C=C\c1cccc(-c2ccc3c(c2)C2(c4ccccc4Oc4ccccc42)c2cc(C4=NC(c5ccccc5)N(C)C(c5ccccc5)=N4)ccc2-3)c1N. The van der Waals surface area contributed by atoms with Crippen LogP contribution in [0.25, 0.3) is 28.3 Å². The molecule has 2 heterocycles. The fourth-order valence-electron chi connectivity index (χ4n) is 8.81. The van der Waals surface area contributed by atoms with E-state index in [1.165, 1.54) is 22.3 Å². The Bertz CT molecular complexity index is 2680. The molecule has 7 aromatic carbocycles. The summed E-state index contributed by atoms with van der Waals surface area (Å²) in [4.78, 5) is 12.9. The first-order valence-electron chi connectivity index (χ1n) is 18.7. The Hall–Kier alpha value is -6.98. The quantitative estimate of drug-likeness (QED) is 0.181. The highest BCUT2D eigenvalue weighted by Gasteiger charge is 2.51. The normalized spacial score (nSPS) is 16.1. The summed E-state index contributed by atoms with van der Waals surface area (Å²) < 4.78 is 6.68. The maximum Gasteiger partial charge on any atom is 0.159 e. The van der Waals surface area contributed by atoms with Crippen molar-refractivity contribution in [2.45, 2.75) is 18.5 Å². The fourth-order valence-corrected chi connectivity index (χ4v) is 8.81. The number of hydrogen-bond acceptors (Lipinski definition) is 5. The number of nitrogens with zero attached hydrogens (tertiary/aromatic N) is 3. The lowest BCUT2D eigenvalue weighted by Gasteiger charge is -2.39. The van der Waals surface area contributed by atoms with E-state index in [2.05, 4.69) is 158 Å². The third kappa shape index (κ3) is 5.00. The molecule has 5 heteroatoms. The molecular weight excluding hydrogens is 673 g/mol. The number of nitrogens with two attached hydrogens (primary N) is 1. The first-order chi connectivity index (χ1) is 27.1. The van der Waals surface area contributed by atoms with Crippen LogP contribution < -0.4 is 10.5 Å². The van der Waals surface area contributed by atoms with Gasteiger partial charge >= 0.3 is 0 Å². The molecule has 0 radical (unpaired) electrons. The third-order valence-corrected chi connectivity index (χ3v) is 11.3. The summed E-state index contributed by atoms with van der Waals surface area (Å²) in [6.07, 6.45) is 3.84. The Morgan fingerprint density at radius 2 is 1.20 bits per heavy atom. The van der Waals surface area contributed by atoms with Gasteiger partial charge < -0.3 is 15.4 Å². The van der Waals surface area contributed by atoms with E-state index in [0.29, 0.717) is 5.84 Å². The maximum atomic E-state index is 6.87. The molecule has 5 nitrogen and oxygen atoms in total. The number of para-hydroxylation sites is 3. The molecule has 7 aromatic rings. The Kier molecular flexibility index (Phi) is 7.63. The summed E-state index contributed by atoms with van der Waals surface area (Å²) in [6, 6.07) is 57.6. The van der Waals surface area contributed by atoms with Crippen molar-refractivity contribution in [1.82, 2.24) is 4.90 Å². The number of nitrogen functional groups attached to an aromatic ring is 1. The molecule has 10 rings (SSSR count). The molecule has 0 bridgehead atoms. The minimum absolute atomic E-state index is 0.251. The smallest absolute Gasteiger partial charge is 0.159 e. The van der Waals surface area contributed by atoms with E-state index in [1.807, 2.05) is 37.3 Å². The fraction of sp³-hybridized carbons (Fsp3) is 0.0800. The standard InChI is InChI=1S/C50H38N4O/c1-3-15-32-20-14-21-37(46(32)51)35-26-28-38-39-29-27-36(47-52-48(33-16-6-4-7-17-33)54(2)49(53-47)34-18-8-5-9-19-34)31-43(39)50(42(38)30-35)40-22-10-12-24-44(40)55-45-25-13-11-23-41(45)50/h3-31,48H,51H2,1-2H3/b15-3-. The molecule has 0 aromatic heterocycles. The zero-order chi connectivity index (χ0) is 37.1. The molecule has 1 atom stereocenters. The first-order valence-corrected chi connectivity index (χ1v) is 18.7. The van der Waals surface area contributed by atoms with Gasteiger partial charge in [0.25, 0.3) is 0 Å². The Morgan fingerprint density at radius 1 is 0.600 bits per heavy atom. The second kappa shape index (κ2) is 12.9. The molecule has 264 valence electrons. The van der Waals surface area contributed by atoms with Crippen molar-refractivity contribution in [2.75, 3.05) is 12.8 Å². The van der Waals surface area contributed by atoms with Gasteiger partial charge in [0.1, 0.15) is 23.5 Å². The largest absolute Gasteiger partial charge is 0.457 e. The van der Waals surface area contributed by atoms with Crippen LogP contribution in [0.2, 0.25) is 0 Å². The predicted molar refractivity (Wildman–Crippen MR) is 225 cm³/mol. The molecular formula is C50H38N4O. The molecule has 0 amide bonds. The molecule has 3 aliphatic rings. The van der Waals surface area contributed by atoms with Crippen LogP contribution in [-0.2, 0) is 5.41 Å². The van der Waals surface area contributed by atoms with E-state index in [0.717, 1.165) is 67.5 Å². The maximum absolute atomic E-state index is 6.87. The predicted octanol–water partition coefficient (Wildman–Crippen LogP) is 11.3. The summed E-state index contributed by atoms with van der Waals surface area (Å²) in [5.41, 5.74) is 20.1. The van der Waals surface area contributed by atoms with Crippen molar-refractivity contribution in [2.24, 2.45) is 9.98 Å². The Morgan fingerprint density at radius 3 is 1.87 bits per heavy atom. The molecule has 0 saturated heterocycles. The summed E-state index contributed by atoms with van der Waals surface area (Å²) in [5.74, 6) is 3.26. The molecule has 2 aliphatic heterocycles. The van der Waals surface area contributed by atoms with Crippen LogP contribution in [0.15, 0.2) is 180 Å². The minimum atomic E-state index is -0.686. The van der Waals surface area contributed by atoms with Gasteiger partial charge in [-0.2, -0.15) is 0 Å². The lowest BCUT2D eigenvalue weighted by molar-refractivity contribution is 0.383.